The summed E-state index contributed by atoms with van der Waals surface area (Å²) in [6.45, 7) is 2.94. The third-order valence-electron chi connectivity index (χ3n) is 5.74. The summed E-state index contributed by atoms with van der Waals surface area (Å²) in [6.07, 6.45) is 3.80. The second-order valence-electron chi connectivity index (χ2n) is 7.96. The molecule has 4 rings (SSSR count). The van der Waals surface area contributed by atoms with Gasteiger partial charge in [-0.2, -0.15) is 0 Å². The van der Waals surface area contributed by atoms with Crippen LogP contribution in [0.3, 0.4) is 0 Å². The zero-order valence-electron chi connectivity index (χ0n) is 17.0. The lowest BCUT2D eigenvalue weighted by molar-refractivity contribution is -0.0656. The Hall–Kier alpha value is -2.32. The van der Waals surface area contributed by atoms with E-state index in [1.54, 1.807) is 30.7 Å². The van der Waals surface area contributed by atoms with Crippen LogP contribution in [0.2, 0.25) is 5.02 Å². The molecule has 1 aromatic carbocycles. The summed E-state index contributed by atoms with van der Waals surface area (Å²) in [6, 6.07) is 10.4. The number of nitrogens with zero attached hydrogens (tertiary/aromatic N) is 2. The van der Waals surface area contributed by atoms with Crippen molar-refractivity contribution in [3.63, 3.8) is 0 Å². The molecule has 3 aromatic rings. The van der Waals surface area contributed by atoms with Crippen LogP contribution in [0.5, 0.6) is 0 Å². The Morgan fingerprint density at radius 3 is 2.81 bits per heavy atom. The lowest BCUT2D eigenvalue weighted by Crippen LogP contribution is -2.62. The van der Waals surface area contributed by atoms with Crippen LogP contribution in [0.4, 0.5) is 4.39 Å². The van der Waals surface area contributed by atoms with Crippen molar-refractivity contribution in [2.24, 2.45) is 0 Å². The summed E-state index contributed by atoms with van der Waals surface area (Å²) in [5.74, 6) is -0.756. The molecule has 3 atom stereocenters. The maximum absolute atomic E-state index is 13.3. The normalized spacial score (nSPS) is 24.1. The number of aliphatic hydroxyl groups is 1. The molecule has 1 amide bonds. The Labute approximate surface area is 189 Å². The van der Waals surface area contributed by atoms with E-state index in [1.165, 1.54) is 24.3 Å². The Morgan fingerprint density at radius 1 is 1.35 bits per heavy atom. The van der Waals surface area contributed by atoms with E-state index in [1.807, 2.05) is 23.6 Å². The van der Waals surface area contributed by atoms with Crippen molar-refractivity contribution in [3.05, 3.63) is 87.1 Å². The molecule has 1 aliphatic heterocycles. The van der Waals surface area contributed by atoms with Crippen LogP contribution >= 0.6 is 22.9 Å². The van der Waals surface area contributed by atoms with Crippen LogP contribution in [0.25, 0.3) is 0 Å². The largest absolute Gasteiger partial charge is 0.388 e. The predicted molar refractivity (Wildman–Crippen MR) is 120 cm³/mol. The third kappa shape index (κ3) is 4.80. The maximum atomic E-state index is 13.3. The number of nitrogens with one attached hydrogen (secondary N) is 1. The van der Waals surface area contributed by atoms with E-state index < -0.39 is 17.5 Å². The van der Waals surface area contributed by atoms with Gasteiger partial charge in [0.2, 0.25) is 0 Å². The number of pyridine rings is 1. The average Bonchev–Trinajstić information content (AvgIpc) is 3.27. The summed E-state index contributed by atoms with van der Waals surface area (Å²) >= 11 is 7.93. The molecular weight excluding hydrogens is 437 g/mol. The molecule has 1 saturated heterocycles. The van der Waals surface area contributed by atoms with Gasteiger partial charge in [0.1, 0.15) is 5.82 Å². The molecule has 8 heteroatoms. The number of thiophene rings is 1. The van der Waals surface area contributed by atoms with E-state index in [0.717, 1.165) is 10.4 Å². The van der Waals surface area contributed by atoms with Crippen molar-refractivity contribution in [2.75, 3.05) is 6.54 Å². The highest BCUT2D eigenvalue weighted by Gasteiger charge is 2.46. The van der Waals surface area contributed by atoms with Gasteiger partial charge < -0.3 is 10.4 Å². The Kier molecular flexibility index (Phi) is 6.39. The van der Waals surface area contributed by atoms with Crippen LogP contribution in [-0.2, 0) is 6.54 Å². The second kappa shape index (κ2) is 9.04. The van der Waals surface area contributed by atoms with Gasteiger partial charge in [0, 0.05) is 35.9 Å². The molecule has 2 N–H and O–H groups in total. The Bertz CT molecular complexity index is 1040. The number of piperidine rings is 1. The molecule has 0 radical (unpaired) electrons. The summed E-state index contributed by atoms with van der Waals surface area (Å²) in [7, 11) is 0. The van der Waals surface area contributed by atoms with E-state index in [2.05, 4.69) is 15.2 Å². The molecule has 1 fully saturated rings. The molecule has 162 valence electrons. The fourth-order valence-electron chi connectivity index (χ4n) is 4.01. The zero-order valence-corrected chi connectivity index (χ0v) is 18.5. The topological polar surface area (TPSA) is 65.5 Å². The molecular formula is C23H23ClFN3O2S. The fourth-order valence-corrected chi connectivity index (χ4v) is 5.08. The Balaban J connectivity index is 1.66. The monoisotopic (exact) mass is 459 g/mol. The van der Waals surface area contributed by atoms with Gasteiger partial charge in [-0.25, -0.2) is 4.39 Å². The number of carbonyl (C=O) groups is 1. The lowest BCUT2D eigenvalue weighted by Gasteiger charge is -2.48. The molecule has 31 heavy (non-hydrogen) atoms. The molecule has 0 aliphatic carbocycles. The number of amides is 1. The molecule has 5 nitrogen and oxygen atoms in total. The van der Waals surface area contributed by atoms with Crippen molar-refractivity contribution in [3.8, 4) is 0 Å². The van der Waals surface area contributed by atoms with Gasteiger partial charge in [-0.3, -0.25) is 14.7 Å². The minimum Gasteiger partial charge on any atom is -0.388 e. The van der Waals surface area contributed by atoms with E-state index in [-0.39, 0.29) is 11.9 Å². The van der Waals surface area contributed by atoms with E-state index >= 15 is 0 Å². The Morgan fingerprint density at radius 2 is 2.13 bits per heavy atom. The highest BCUT2D eigenvalue weighted by Crippen LogP contribution is 2.40. The van der Waals surface area contributed by atoms with Gasteiger partial charge >= 0.3 is 0 Å². The number of aromatic nitrogens is 1. The number of rotatable bonds is 5. The van der Waals surface area contributed by atoms with E-state index in [9.17, 15) is 14.3 Å². The molecule has 0 bridgehead atoms. The van der Waals surface area contributed by atoms with Gasteiger partial charge in [-0.05, 0) is 60.7 Å². The van der Waals surface area contributed by atoms with E-state index in [4.69, 9.17) is 11.6 Å². The first-order chi connectivity index (χ1) is 14.8. The number of benzene rings is 1. The van der Waals surface area contributed by atoms with Gasteiger partial charge in [0.05, 0.1) is 22.7 Å². The minimum absolute atomic E-state index is 0.252. The standard InChI is InChI=1S/C23H23ClFN3O2S/c1-23(30)9-11-28(14-16-8-10-26-13-18(16)24)20(19-3-2-12-31-19)21(23)27-22(29)15-4-6-17(25)7-5-15/h2-8,10,12-13,20-21,30H,9,11,14H2,1H3,(H,27,29)/t20-,21-,23+/m0/s1. The van der Waals surface area contributed by atoms with Crippen molar-refractivity contribution in [1.29, 1.82) is 0 Å². The quantitative estimate of drug-likeness (QED) is 0.592. The molecule has 0 saturated carbocycles. The molecule has 2 aromatic heterocycles. The van der Waals surface area contributed by atoms with Crippen molar-refractivity contribution in [1.82, 2.24) is 15.2 Å². The molecule has 3 heterocycles. The van der Waals surface area contributed by atoms with Crippen molar-refractivity contribution < 1.29 is 14.3 Å². The van der Waals surface area contributed by atoms with Gasteiger partial charge in [-0.1, -0.05) is 17.7 Å². The summed E-state index contributed by atoms with van der Waals surface area (Å²) in [5.41, 5.74) is 0.155. The fraction of sp³-hybridized carbons (Fsp3) is 0.304. The van der Waals surface area contributed by atoms with Crippen LogP contribution in [0.1, 0.15) is 40.2 Å². The number of hydrogen-bond donors (Lipinski definition) is 2. The number of halogens is 2. The first-order valence-electron chi connectivity index (χ1n) is 10.00. The van der Waals surface area contributed by atoms with Crippen LogP contribution in [0, 0.1) is 5.82 Å². The molecule has 0 spiro atoms. The van der Waals surface area contributed by atoms with Gasteiger partial charge in [0.25, 0.3) is 5.91 Å². The van der Waals surface area contributed by atoms with Crippen LogP contribution in [-0.4, -0.2) is 39.1 Å². The molecule has 1 aliphatic rings. The summed E-state index contributed by atoms with van der Waals surface area (Å²) in [4.78, 5) is 20.3. The van der Waals surface area contributed by atoms with Crippen molar-refractivity contribution in [2.45, 2.75) is 37.6 Å². The number of likely N-dealkylation sites (tertiary alicyclic amines) is 1. The van der Waals surface area contributed by atoms with E-state index in [0.29, 0.717) is 30.1 Å². The second-order valence-corrected chi connectivity index (χ2v) is 9.35. The van der Waals surface area contributed by atoms with Crippen LogP contribution in [0.15, 0.2) is 60.2 Å². The average molecular weight is 460 g/mol. The van der Waals surface area contributed by atoms with Gasteiger partial charge in [0.15, 0.2) is 0 Å². The lowest BCUT2D eigenvalue weighted by atomic mass is 9.81. The van der Waals surface area contributed by atoms with Crippen LogP contribution < -0.4 is 5.32 Å². The maximum Gasteiger partial charge on any atom is 0.251 e. The highest BCUT2D eigenvalue weighted by molar-refractivity contribution is 7.10. The SMILES string of the molecule is C[C@@]1(O)CCN(Cc2ccncc2Cl)[C@@H](c2cccs2)[C@@H]1NC(=O)c1ccc(F)cc1. The minimum atomic E-state index is -1.12. The van der Waals surface area contributed by atoms with Crippen molar-refractivity contribution >= 4 is 28.8 Å². The zero-order chi connectivity index (χ0) is 22.0. The third-order valence-corrected chi connectivity index (χ3v) is 7.03. The first kappa shape index (κ1) is 21.9. The highest BCUT2D eigenvalue weighted by atomic mass is 35.5. The first-order valence-corrected chi connectivity index (χ1v) is 11.3. The smallest absolute Gasteiger partial charge is 0.251 e. The predicted octanol–water partition coefficient (Wildman–Crippen LogP) is 4.43. The summed E-state index contributed by atoms with van der Waals surface area (Å²) < 4.78 is 13.3. The van der Waals surface area contributed by atoms with Gasteiger partial charge in [-0.15, -0.1) is 11.3 Å². The number of carbonyl (C=O) groups excluding carboxylic acids is 1. The molecule has 0 unspecified atom stereocenters. The summed E-state index contributed by atoms with van der Waals surface area (Å²) in [5, 5.41) is 16.8. The number of hydrogen-bond acceptors (Lipinski definition) is 5.